The average Bonchev–Trinajstić information content (AvgIpc) is 2.38. The molecule has 0 saturated heterocycles. The highest BCUT2D eigenvalue weighted by atomic mass is 79.9. The predicted molar refractivity (Wildman–Crippen MR) is 75.6 cm³/mol. The summed E-state index contributed by atoms with van der Waals surface area (Å²) in [6.45, 7) is 0.00697. The van der Waals surface area contributed by atoms with E-state index in [9.17, 15) is 18.3 Å². The molecule has 0 spiro atoms. The van der Waals surface area contributed by atoms with Crippen molar-refractivity contribution in [2.24, 2.45) is 5.92 Å². The van der Waals surface area contributed by atoms with Gasteiger partial charge in [-0.25, -0.2) is 0 Å². The molecule has 2 atom stereocenters. The van der Waals surface area contributed by atoms with E-state index in [0.717, 1.165) is 31.7 Å². The number of halogens is 4. The number of anilines is 1. The van der Waals surface area contributed by atoms with Crippen LogP contribution in [-0.2, 0) is 6.18 Å². The average molecular weight is 352 g/mol. The first-order valence-electron chi connectivity index (χ1n) is 6.66. The number of hydrogen-bond acceptors (Lipinski definition) is 2. The van der Waals surface area contributed by atoms with Crippen LogP contribution in [0.15, 0.2) is 22.7 Å². The molecule has 0 radical (unpaired) electrons. The molecular formula is C14H17BrF3NO. The highest BCUT2D eigenvalue weighted by Gasteiger charge is 2.35. The second-order valence-corrected chi connectivity index (χ2v) is 6.08. The fraction of sp³-hybridized carbons (Fsp3) is 0.571. The summed E-state index contributed by atoms with van der Waals surface area (Å²) in [6.07, 6.45) is -0.748. The second-order valence-electron chi connectivity index (χ2n) is 5.17. The SMILES string of the molecule is OCC1CCCCC1Nc1cc(Br)ccc1C(F)(F)F. The Morgan fingerprint density at radius 1 is 1.25 bits per heavy atom. The van der Waals surface area contributed by atoms with Crippen molar-refractivity contribution in [3.63, 3.8) is 0 Å². The topological polar surface area (TPSA) is 32.3 Å². The summed E-state index contributed by atoms with van der Waals surface area (Å²) < 4.78 is 39.6. The fourth-order valence-electron chi connectivity index (χ4n) is 2.70. The van der Waals surface area contributed by atoms with E-state index in [1.807, 2.05) is 0 Å². The van der Waals surface area contributed by atoms with Crippen LogP contribution in [0, 0.1) is 5.92 Å². The number of benzene rings is 1. The maximum Gasteiger partial charge on any atom is 0.418 e. The molecule has 6 heteroatoms. The van der Waals surface area contributed by atoms with Crippen LogP contribution in [0.5, 0.6) is 0 Å². The molecule has 0 heterocycles. The third-order valence-electron chi connectivity index (χ3n) is 3.77. The molecule has 2 unspecified atom stereocenters. The smallest absolute Gasteiger partial charge is 0.396 e. The molecule has 2 rings (SSSR count). The Bertz CT molecular complexity index is 464. The highest BCUT2D eigenvalue weighted by molar-refractivity contribution is 9.10. The molecule has 1 aromatic carbocycles. The van der Waals surface area contributed by atoms with Crippen molar-refractivity contribution < 1.29 is 18.3 Å². The first-order valence-corrected chi connectivity index (χ1v) is 7.45. The monoisotopic (exact) mass is 351 g/mol. The third kappa shape index (κ3) is 3.67. The lowest BCUT2D eigenvalue weighted by molar-refractivity contribution is -0.137. The van der Waals surface area contributed by atoms with Crippen LogP contribution in [0.1, 0.15) is 31.2 Å². The van der Waals surface area contributed by atoms with Crippen molar-refractivity contribution >= 4 is 21.6 Å². The molecule has 2 N–H and O–H groups in total. The first kappa shape index (κ1) is 15.6. The van der Waals surface area contributed by atoms with Crippen LogP contribution >= 0.6 is 15.9 Å². The summed E-state index contributed by atoms with van der Waals surface area (Å²) >= 11 is 3.20. The van der Waals surface area contributed by atoms with Gasteiger partial charge in [0.2, 0.25) is 0 Å². The molecule has 1 aliphatic rings. The lowest BCUT2D eigenvalue weighted by Crippen LogP contribution is -2.35. The van der Waals surface area contributed by atoms with E-state index in [0.29, 0.717) is 4.47 Å². The van der Waals surface area contributed by atoms with Crippen LogP contribution in [0.3, 0.4) is 0 Å². The Kier molecular flexibility index (Phi) is 4.96. The van der Waals surface area contributed by atoms with Gasteiger partial charge >= 0.3 is 6.18 Å². The van der Waals surface area contributed by atoms with Gasteiger partial charge in [0, 0.05) is 28.7 Å². The minimum Gasteiger partial charge on any atom is -0.396 e. The summed E-state index contributed by atoms with van der Waals surface area (Å²) in [5.41, 5.74) is -0.583. The number of alkyl halides is 3. The zero-order valence-electron chi connectivity index (χ0n) is 10.9. The van der Waals surface area contributed by atoms with Crippen LogP contribution in [0.25, 0.3) is 0 Å². The van der Waals surface area contributed by atoms with E-state index in [4.69, 9.17) is 0 Å². The molecule has 20 heavy (non-hydrogen) atoms. The van der Waals surface area contributed by atoms with Gasteiger partial charge in [-0.2, -0.15) is 13.2 Å². The van der Waals surface area contributed by atoms with Crippen LogP contribution in [0.2, 0.25) is 0 Å². The lowest BCUT2D eigenvalue weighted by atomic mass is 9.85. The van der Waals surface area contributed by atoms with Crippen LogP contribution < -0.4 is 5.32 Å². The van der Waals surface area contributed by atoms with Gasteiger partial charge < -0.3 is 10.4 Å². The Morgan fingerprint density at radius 2 is 1.95 bits per heavy atom. The summed E-state index contributed by atoms with van der Waals surface area (Å²) in [5.74, 6) is 0.0174. The molecule has 0 amide bonds. The number of hydrogen-bond donors (Lipinski definition) is 2. The van der Waals surface area contributed by atoms with Gasteiger partial charge in [-0.05, 0) is 31.0 Å². The third-order valence-corrected chi connectivity index (χ3v) is 4.26. The Balaban J connectivity index is 2.25. The van der Waals surface area contributed by atoms with E-state index >= 15 is 0 Å². The van der Waals surface area contributed by atoms with Gasteiger partial charge in [-0.15, -0.1) is 0 Å². The van der Waals surface area contributed by atoms with Gasteiger partial charge in [-0.3, -0.25) is 0 Å². The van der Waals surface area contributed by atoms with E-state index in [1.54, 1.807) is 0 Å². The van der Waals surface area contributed by atoms with Crippen molar-refractivity contribution in [1.29, 1.82) is 0 Å². The molecule has 0 bridgehead atoms. The summed E-state index contributed by atoms with van der Waals surface area (Å²) in [5, 5.41) is 12.3. The molecular weight excluding hydrogens is 335 g/mol. The van der Waals surface area contributed by atoms with Crippen molar-refractivity contribution in [3.8, 4) is 0 Å². The molecule has 0 aliphatic heterocycles. The quantitative estimate of drug-likeness (QED) is 0.844. The van der Waals surface area contributed by atoms with E-state index in [-0.39, 0.29) is 24.3 Å². The van der Waals surface area contributed by atoms with Crippen molar-refractivity contribution in [2.75, 3.05) is 11.9 Å². The predicted octanol–water partition coefficient (Wildman–Crippen LogP) is 4.43. The minimum absolute atomic E-state index is 0.00697. The van der Waals surface area contributed by atoms with E-state index < -0.39 is 11.7 Å². The molecule has 2 nitrogen and oxygen atoms in total. The summed E-state index contributed by atoms with van der Waals surface area (Å²) in [4.78, 5) is 0. The van der Waals surface area contributed by atoms with E-state index in [1.165, 1.54) is 12.1 Å². The van der Waals surface area contributed by atoms with Crippen molar-refractivity contribution in [1.82, 2.24) is 0 Å². The minimum atomic E-state index is -4.38. The molecule has 1 aliphatic carbocycles. The molecule has 0 aromatic heterocycles. The van der Waals surface area contributed by atoms with Gasteiger partial charge in [0.1, 0.15) is 0 Å². The van der Waals surface area contributed by atoms with Crippen molar-refractivity contribution in [2.45, 2.75) is 37.9 Å². The van der Waals surface area contributed by atoms with Crippen molar-refractivity contribution in [3.05, 3.63) is 28.2 Å². The molecule has 112 valence electrons. The van der Waals surface area contributed by atoms with Crippen LogP contribution in [0.4, 0.5) is 18.9 Å². The van der Waals surface area contributed by atoms with Gasteiger partial charge in [-0.1, -0.05) is 28.8 Å². The number of nitrogens with one attached hydrogen (secondary N) is 1. The number of rotatable bonds is 3. The largest absolute Gasteiger partial charge is 0.418 e. The maximum atomic E-state index is 13.0. The number of aliphatic hydroxyl groups excluding tert-OH is 1. The van der Waals surface area contributed by atoms with Gasteiger partial charge in [0.15, 0.2) is 0 Å². The highest BCUT2D eigenvalue weighted by Crippen LogP contribution is 2.38. The second kappa shape index (κ2) is 6.35. The fourth-order valence-corrected chi connectivity index (χ4v) is 3.06. The van der Waals surface area contributed by atoms with Gasteiger partial charge in [0.25, 0.3) is 0 Å². The summed E-state index contributed by atoms with van der Waals surface area (Å²) in [6, 6.07) is 3.80. The van der Waals surface area contributed by atoms with Gasteiger partial charge in [0.05, 0.1) is 5.56 Å². The standard InChI is InChI=1S/C14H17BrF3NO/c15-10-5-6-11(14(16,17)18)13(7-10)19-12-4-2-1-3-9(12)8-20/h5-7,9,12,19-20H,1-4,8H2. The molecule has 1 saturated carbocycles. The molecule has 1 aromatic rings. The maximum absolute atomic E-state index is 13.0. The summed E-state index contributed by atoms with van der Waals surface area (Å²) in [7, 11) is 0. The first-order chi connectivity index (χ1) is 9.41. The normalized spacial score (nSPS) is 23.6. The number of aliphatic hydroxyl groups is 1. The zero-order valence-corrected chi connectivity index (χ0v) is 12.5. The molecule has 1 fully saturated rings. The Hall–Kier alpha value is -0.750. The Labute approximate surface area is 124 Å². The Morgan fingerprint density at radius 3 is 2.60 bits per heavy atom. The van der Waals surface area contributed by atoms with E-state index in [2.05, 4.69) is 21.2 Å². The van der Waals surface area contributed by atoms with Crippen LogP contribution in [-0.4, -0.2) is 17.8 Å². The lowest BCUT2D eigenvalue weighted by Gasteiger charge is -2.32. The zero-order chi connectivity index (χ0) is 14.8.